The third-order valence-corrected chi connectivity index (χ3v) is 5.34. The molecular formula is C25H21FO4. The largest absolute Gasteiger partial charge is 0.420 e. The smallest absolute Gasteiger partial charge is 0.343 e. The Labute approximate surface area is 174 Å². The molecule has 2 atom stereocenters. The topological polar surface area (TPSA) is 51.4 Å². The predicted octanol–water partition coefficient (Wildman–Crippen LogP) is 4.59. The summed E-state index contributed by atoms with van der Waals surface area (Å²) < 4.78 is 29.9. The third kappa shape index (κ3) is 4.58. The van der Waals surface area contributed by atoms with E-state index < -0.39 is 11.8 Å². The van der Waals surface area contributed by atoms with Gasteiger partial charge in [0, 0.05) is 12.8 Å². The molecule has 0 spiro atoms. The number of ether oxygens (including phenoxy) is 3. The number of carbonyl (C=O) groups excluding carboxylic acids is 1. The van der Waals surface area contributed by atoms with Crippen molar-refractivity contribution in [2.75, 3.05) is 13.2 Å². The van der Waals surface area contributed by atoms with Crippen molar-refractivity contribution in [1.82, 2.24) is 0 Å². The van der Waals surface area contributed by atoms with E-state index in [1.165, 1.54) is 17.7 Å². The van der Waals surface area contributed by atoms with Crippen LogP contribution in [0.15, 0.2) is 66.7 Å². The molecule has 30 heavy (non-hydrogen) atoms. The van der Waals surface area contributed by atoms with Crippen LogP contribution in [0.4, 0.5) is 4.39 Å². The first-order chi connectivity index (χ1) is 14.6. The van der Waals surface area contributed by atoms with Crippen LogP contribution in [0.2, 0.25) is 0 Å². The summed E-state index contributed by atoms with van der Waals surface area (Å²) in [5.41, 5.74) is 4.51. The summed E-state index contributed by atoms with van der Waals surface area (Å²) >= 11 is 0. The Balaban J connectivity index is 1.24. The van der Waals surface area contributed by atoms with E-state index in [0.29, 0.717) is 24.7 Å². The Hall–Kier alpha value is -3.02. The number of benzene rings is 3. The summed E-state index contributed by atoms with van der Waals surface area (Å²) in [5.74, 6) is -1.20. The van der Waals surface area contributed by atoms with E-state index in [-0.39, 0.29) is 11.9 Å². The molecule has 2 saturated heterocycles. The Morgan fingerprint density at radius 2 is 1.37 bits per heavy atom. The molecular weight excluding hydrogens is 383 g/mol. The first-order valence-electron chi connectivity index (χ1n) is 10.1. The highest BCUT2D eigenvalue weighted by molar-refractivity contribution is 5.91. The van der Waals surface area contributed by atoms with Gasteiger partial charge in [-0.05, 0) is 46.5 Å². The lowest BCUT2D eigenvalue weighted by atomic mass is 10.0. The molecule has 2 unspecified atom stereocenters. The lowest BCUT2D eigenvalue weighted by Gasteiger charge is -2.08. The fraction of sp³-hybridized carbons (Fsp3) is 0.240. The highest BCUT2D eigenvalue weighted by atomic mass is 19.1. The Morgan fingerprint density at radius 1 is 0.833 bits per heavy atom. The van der Waals surface area contributed by atoms with Crippen LogP contribution in [0.1, 0.15) is 21.5 Å². The maximum absolute atomic E-state index is 14.3. The maximum Gasteiger partial charge on any atom is 0.343 e. The van der Waals surface area contributed by atoms with E-state index in [2.05, 4.69) is 24.3 Å². The van der Waals surface area contributed by atoms with Crippen molar-refractivity contribution in [2.24, 2.45) is 0 Å². The second-order valence-corrected chi connectivity index (χ2v) is 7.75. The maximum atomic E-state index is 14.3. The summed E-state index contributed by atoms with van der Waals surface area (Å²) in [6.07, 6.45) is 2.16. The molecule has 5 heteroatoms. The molecule has 2 aliphatic heterocycles. The van der Waals surface area contributed by atoms with Crippen LogP contribution in [0.3, 0.4) is 0 Å². The molecule has 152 valence electrons. The Morgan fingerprint density at radius 3 is 1.93 bits per heavy atom. The van der Waals surface area contributed by atoms with E-state index in [4.69, 9.17) is 14.2 Å². The molecule has 0 amide bonds. The summed E-state index contributed by atoms with van der Waals surface area (Å²) in [7, 11) is 0. The molecule has 0 saturated carbocycles. The van der Waals surface area contributed by atoms with Gasteiger partial charge in [-0.1, -0.05) is 42.5 Å². The van der Waals surface area contributed by atoms with E-state index in [9.17, 15) is 9.18 Å². The average Bonchev–Trinajstić information content (AvgIpc) is 3.68. The van der Waals surface area contributed by atoms with Crippen molar-refractivity contribution < 1.29 is 23.4 Å². The molecule has 2 fully saturated rings. The summed E-state index contributed by atoms with van der Waals surface area (Å²) in [6, 6.07) is 20.1. The van der Waals surface area contributed by atoms with E-state index in [0.717, 1.165) is 29.7 Å². The minimum absolute atomic E-state index is 0.0697. The second kappa shape index (κ2) is 8.01. The molecule has 2 aliphatic rings. The van der Waals surface area contributed by atoms with E-state index in [1.54, 1.807) is 18.2 Å². The second-order valence-electron chi connectivity index (χ2n) is 7.75. The molecule has 3 aromatic carbocycles. The predicted molar refractivity (Wildman–Crippen MR) is 110 cm³/mol. The van der Waals surface area contributed by atoms with E-state index in [1.807, 2.05) is 12.1 Å². The van der Waals surface area contributed by atoms with Crippen molar-refractivity contribution in [2.45, 2.75) is 25.0 Å². The minimum Gasteiger partial charge on any atom is -0.420 e. The molecule has 0 aliphatic carbocycles. The van der Waals surface area contributed by atoms with Crippen molar-refractivity contribution in [3.05, 3.63) is 89.2 Å². The number of halogens is 1. The fourth-order valence-electron chi connectivity index (χ4n) is 3.44. The molecule has 4 nitrogen and oxygen atoms in total. The van der Waals surface area contributed by atoms with Crippen LogP contribution in [-0.4, -0.2) is 31.4 Å². The molecule has 0 aromatic heterocycles. The standard InChI is InChI=1S/C25H21FO4/c26-23-13-17(12-22-15-29-22)3-10-24(23)30-25(27)20-8-6-19(7-9-20)18-4-1-16(2-5-18)11-21-14-28-21/h1-10,13,21-22H,11-12,14-15H2. The molecule has 0 N–H and O–H groups in total. The SMILES string of the molecule is O=C(Oc1ccc(CC2CO2)cc1F)c1ccc(-c2ccc(CC3CO3)cc2)cc1. The van der Waals surface area contributed by atoms with Gasteiger partial charge in [-0.25, -0.2) is 9.18 Å². The average molecular weight is 404 g/mol. The highest BCUT2D eigenvalue weighted by Crippen LogP contribution is 2.25. The van der Waals surface area contributed by atoms with Crippen LogP contribution in [0, 0.1) is 5.82 Å². The van der Waals surface area contributed by atoms with Gasteiger partial charge in [-0.15, -0.1) is 0 Å². The lowest BCUT2D eigenvalue weighted by molar-refractivity contribution is 0.0728. The Bertz CT molecular complexity index is 1050. The summed E-state index contributed by atoms with van der Waals surface area (Å²) in [6.45, 7) is 1.57. The molecule has 5 rings (SSSR count). The van der Waals surface area contributed by atoms with Gasteiger partial charge >= 0.3 is 5.97 Å². The first kappa shape index (κ1) is 19.0. The van der Waals surface area contributed by atoms with Crippen molar-refractivity contribution >= 4 is 5.97 Å². The Kier molecular flexibility index (Phi) is 5.07. The number of esters is 1. The van der Waals surface area contributed by atoms with Crippen LogP contribution >= 0.6 is 0 Å². The summed E-state index contributed by atoms with van der Waals surface area (Å²) in [5, 5.41) is 0. The zero-order valence-corrected chi connectivity index (χ0v) is 16.3. The fourth-order valence-corrected chi connectivity index (χ4v) is 3.44. The number of hydrogen-bond acceptors (Lipinski definition) is 4. The molecule has 3 aromatic rings. The highest BCUT2D eigenvalue weighted by Gasteiger charge is 2.23. The molecule has 2 heterocycles. The van der Waals surface area contributed by atoms with Crippen LogP contribution in [-0.2, 0) is 22.3 Å². The van der Waals surface area contributed by atoms with Gasteiger partial charge in [0.05, 0.1) is 31.0 Å². The zero-order chi connectivity index (χ0) is 20.5. The quantitative estimate of drug-likeness (QED) is 0.328. The lowest BCUT2D eigenvalue weighted by Crippen LogP contribution is -2.09. The van der Waals surface area contributed by atoms with Gasteiger partial charge in [0.2, 0.25) is 0 Å². The normalized spacial score (nSPS) is 19.4. The van der Waals surface area contributed by atoms with Gasteiger partial charge in [-0.3, -0.25) is 0 Å². The van der Waals surface area contributed by atoms with Gasteiger partial charge in [0.15, 0.2) is 11.6 Å². The van der Waals surface area contributed by atoms with Crippen LogP contribution < -0.4 is 4.74 Å². The number of hydrogen-bond donors (Lipinski definition) is 0. The third-order valence-electron chi connectivity index (χ3n) is 5.34. The molecule has 0 radical (unpaired) electrons. The van der Waals surface area contributed by atoms with Gasteiger partial charge in [0.25, 0.3) is 0 Å². The van der Waals surface area contributed by atoms with Crippen molar-refractivity contribution in [1.29, 1.82) is 0 Å². The van der Waals surface area contributed by atoms with E-state index >= 15 is 0 Å². The number of carbonyl (C=O) groups is 1. The van der Waals surface area contributed by atoms with Crippen molar-refractivity contribution in [3.8, 4) is 16.9 Å². The van der Waals surface area contributed by atoms with Gasteiger partial charge in [-0.2, -0.15) is 0 Å². The number of epoxide rings is 2. The number of rotatable bonds is 7. The van der Waals surface area contributed by atoms with Gasteiger partial charge in [0.1, 0.15) is 0 Å². The monoisotopic (exact) mass is 404 g/mol. The first-order valence-corrected chi connectivity index (χ1v) is 10.1. The zero-order valence-electron chi connectivity index (χ0n) is 16.3. The summed E-state index contributed by atoms with van der Waals surface area (Å²) in [4.78, 5) is 12.4. The van der Waals surface area contributed by atoms with Gasteiger partial charge < -0.3 is 14.2 Å². The molecule has 0 bridgehead atoms. The van der Waals surface area contributed by atoms with Crippen LogP contribution in [0.25, 0.3) is 11.1 Å². The minimum atomic E-state index is -0.585. The van der Waals surface area contributed by atoms with Crippen molar-refractivity contribution in [3.63, 3.8) is 0 Å². The van der Waals surface area contributed by atoms with Crippen LogP contribution in [0.5, 0.6) is 5.75 Å².